The summed E-state index contributed by atoms with van der Waals surface area (Å²) >= 11 is 6.55. The number of methoxy groups -OCH3 is 1. The van der Waals surface area contributed by atoms with Crippen molar-refractivity contribution in [1.82, 2.24) is 25.1 Å². The molecule has 1 atom stereocenters. The van der Waals surface area contributed by atoms with E-state index in [1.165, 1.54) is 4.90 Å². The number of alkyl halides is 3. The van der Waals surface area contributed by atoms with E-state index in [-0.39, 0.29) is 24.9 Å². The predicted molar refractivity (Wildman–Crippen MR) is 116 cm³/mol. The number of nitrogens with two attached hydrogens (primary N) is 1. The zero-order chi connectivity index (χ0) is 23.4. The number of likely N-dealkylation sites (tertiary alicyclic amines) is 1. The number of ether oxygens (including phenoxy) is 1. The fourth-order valence-electron chi connectivity index (χ4n) is 4.39. The Hall–Kier alpha value is -2.59. The molecule has 1 aliphatic heterocycles. The first kappa shape index (κ1) is 22.6. The van der Waals surface area contributed by atoms with Crippen molar-refractivity contribution in [2.24, 2.45) is 0 Å². The van der Waals surface area contributed by atoms with E-state index in [2.05, 4.69) is 20.2 Å². The number of hydrogen-bond donors (Lipinski definition) is 2. The van der Waals surface area contributed by atoms with Crippen LogP contribution in [0.5, 0.6) is 5.75 Å². The highest BCUT2D eigenvalue weighted by Crippen LogP contribution is 2.44. The van der Waals surface area contributed by atoms with Crippen molar-refractivity contribution >= 4 is 28.5 Å². The van der Waals surface area contributed by atoms with Crippen LogP contribution in [0.4, 0.5) is 19.0 Å². The van der Waals surface area contributed by atoms with Crippen LogP contribution in [0.1, 0.15) is 47.0 Å². The first-order chi connectivity index (χ1) is 15.0. The van der Waals surface area contributed by atoms with Crippen molar-refractivity contribution in [3.05, 3.63) is 39.3 Å². The summed E-state index contributed by atoms with van der Waals surface area (Å²) in [5.41, 5.74) is 9.77. The van der Waals surface area contributed by atoms with E-state index in [9.17, 15) is 13.2 Å². The van der Waals surface area contributed by atoms with Gasteiger partial charge in [-0.2, -0.15) is 18.3 Å². The maximum absolute atomic E-state index is 12.7. The Labute approximate surface area is 188 Å². The number of benzene rings is 1. The topological polar surface area (TPSA) is 92.9 Å². The zero-order valence-corrected chi connectivity index (χ0v) is 18.9. The predicted octanol–water partition coefficient (Wildman–Crippen LogP) is 4.33. The van der Waals surface area contributed by atoms with E-state index in [0.29, 0.717) is 33.4 Å². The van der Waals surface area contributed by atoms with Crippen molar-refractivity contribution in [2.75, 3.05) is 32.5 Å². The van der Waals surface area contributed by atoms with Crippen LogP contribution in [0.2, 0.25) is 5.02 Å². The lowest BCUT2D eigenvalue weighted by molar-refractivity contribution is -0.154. The third-order valence-electron chi connectivity index (χ3n) is 6.02. The fourth-order valence-corrected chi connectivity index (χ4v) is 4.61. The number of fused-ring (bicyclic) bond motifs is 1. The lowest BCUT2D eigenvalue weighted by atomic mass is 9.84. The average molecular weight is 469 g/mol. The van der Waals surface area contributed by atoms with Gasteiger partial charge in [0.1, 0.15) is 17.4 Å². The Balaban J connectivity index is 1.72. The molecule has 3 aromatic rings. The summed E-state index contributed by atoms with van der Waals surface area (Å²) in [5.74, 6) is 0.924. The molecule has 32 heavy (non-hydrogen) atoms. The molecule has 1 fully saturated rings. The molecule has 2 aromatic heterocycles. The van der Waals surface area contributed by atoms with Gasteiger partial charge >= 0.3 is 6.18 Å². The number of aromatic amines is 1. The summed E-state index contributed by atoms with van der Waals surface area (Å²) in [6, 6.07) is 1.80. The molecule has 0 aliphatic carbocycles. The summed E-state index contributed by atoms with van der Waals surface area (Å²) in [4.78, 5) is 10.4. The molecule has 0 bridgehead atoms. The van der Waals surface area contributed by atoms with Crippen LogP contribution < -0.4 is 10.5 Å². The van der Waals surface area contributed by atoms with Gasteiger partial charge < -0.3 is 10.5 Å². The number of anilines is 1. The number of aryl methyl sites for hydroxylation is 1. The van der Waals surface area contributed by atoms with Crippen LogP contribution in [0, 0.1) is 13.8 Å². The number of nitrogens with one attached hydrogen (secondary N) is 1. The van der Waals surface area contributed by atoms with Crippen molar-refractivity contribution in [3.8, 4) is 5.75 Å². The van der Waals surface area contributed by atoms with E-state index in [4.69, 9.17) is 22.1 Å². The van der Waals surface area contributed by atoms with E-state index in [1.807, 2.05) is 20.8 Å². The largest absolute Gasteiger partial charge is 0.496 e. The van der Waals surface area contributed by atoms with Crippen molar-refractivity contribution in [2.45, 2.75) is 38.8 Å². The van der Waals surface area contributed by atoms with Crippen molar-refractivity contribution in [1.29, 1.82) is 0 Å². The van der Waals surface area contributed by atoms with E-state index >= 15 is 0 Å². The molecule has 3 heterocycles. The summed E-state index contributed by atoms with van der Waals surface area (Å²) in [6.45, 7) is 5.25. The number of nitrogen functional groups attached to an aromatic ring is 1. The molecule has 7 nitrogen and oxygen atoms in total. The van der Waals surface area contributed by atoms with Gasteiger partial charge in [0, 0.05) is 46.8 Å². The number of H-pyrrole nitrogens is 1. The standard InChI is InChI=1S/C21H24ClF3N6O/c1-9(19-27-18(26)16-11(3)29-30-20(16)28-19)13-5-14(22)10(2)15(17(13)32-4)12-6-31(7-12)8-21(23,24)25/h5,9,12H,6-8H2,1-4H3,(H3,26,27,28,29,30). The molecule has 0 radical (unpaired) electrons. The Morgan fingerprint density at radius 2 is 2.00 bits per heavy atom. The molecule has 0 amide bonds. The minimum atomic E-state index is -4.22. The molecule has 1 aromatic carbocycles. The molecule has 1 saturated heterocycles. The molecule has 11 heteroatoms. The Morgan fingerprint density at radius 3 is 2.62 bits per heavy atom. The monoisotopic (exact) mass is 468 g/mol. The van der Waals surface area contributed by atoms with E-state index < -0.39 is 12.7 Å². The highest BCUT2D eigenvalue weighted by atomic mass is 35.5. The maximum Gasteiger partial charge on any atom is 0.401 e. The molecular formula is C21H24ClF3N6O. The smallest absolute Gasteiger partial charge is 0.401 e. The van der Waals surface area contributed by atoms with Crippen LogP contribution in [0.3, 0.4) is 0 Å². The van der Waals surface area contributed by atoms with Gasteiger partial charge in [0.15, 0.2) is 5.65 Å². The normalized spacial score (nSPS) is 16.4. The third-order valence-corrected chi connectivity index (χ3v) is 6.41. The molecule has 172 valence electrons. The lowest BCUT2D eigenvalue weighted by Gasteiger charge is -2.41. The highest BCUT2D eigenvalue weighted by Gasteiger charge is 2.40. The second-order valence-corrected chi connectivity index (χ2v) is 8.67. The number of nitrogens with zero attached hydrogens (tertiary/aromatic N) is 4. The number of rotatable bonds is 5. The van der Waals surface area contributed by atoms with Crippen molar-refractivity contribution < 1.29 is 17.9 Å². The van der Waals surface area contributed by atoms with E-state index in [1.54, 1.807) is 13.2 Å². The van der Waals surface area contributed by atoms with Gasteiger partial charge in [0.25, 0.3) is 0 Å². The number of halogens is 4. The minimum Gasteiger partial charge on any atom is -0.496 e. The van der Waals surface area contributed by atoms with Gasteiger partial charge in [-0.3, -0.25) is 10.00 Å². The van der Waals surface area contributed by atoms with E-state index in [0.717, 1.165) is 22.4 Å². The van der Waals surface area contributed by atoms with Crippen LogP contribution in [0.15, 0.2) is 6.07 Å². The molecule has 1 aliphatic rings. The Bertz CT molecular complexity index is 1170. The molecule has 1 unspecified atom stereocenters. The quantitative estimate of drug-likeness (QED) is 0.579. The average Bonchev–Trinajstić information content (AvgIpc) is 3.06. The molecule has 0 spiro atoms. The summed E-state index contributed by atoms with van der Waals surface area (Å²) < 4.78 is 43.9. The Morgan fingerprint density at radius 1 is 1.31 bits per heavy atom. The van der Waals surface area contributed by atoms with Crippen molar-refractivity contribution in [3.63, 3.8) is 0 Å². The van der Waals surface area contributed by atoms with Gasteiger partial charge in [-0.05, 0) is 25.5 Å². The summed E-state index contributed by atoms with van der Waals surface area (Å²) in [7, 11) is 1.55. The highest BCUT2D eigenvalue weighted by molar-refractivity contribution is 6.31. The summed E-state index contributed by atoms with van der Waals surface area (Å²) in [5, 5.41) is 8.23. The fraction of sp³-hybridized carbons (Fsp3) is 0.476. The molecule has 4 rings (SSSR count). The first-order valence-electron chi connectivity index (χ1n) is 10.1. The lowest BCUT2D eigenvalue weighted by Crippen LogP contribution is -2.49. The Kier molecular flexibility index (Phi) is 5.70. The van der Waals surface area contributed by atoms with Gasteiger partial charge in [0.05, 0.1) is 19.0 Å². The molecule has 3 N–H and O–H groups in total. The number of aromatic nitrogens is 4. The SMILES string of the molecule is COc1c(C(C)c2nc(N)c3c(C)[nH]nc3n2)cc(Cl)c(C)c1C1CN(CC(F)(F)F)C1. The maximum atomic E-state index is 12.7. The van der Waals surface area contributed by atoms with Crippen LogP contribution >= 0.6 is 11.6 Å². The minimum absolute atomic E-state index is 0.112. The number of hydrogen-bond acceptors (Lipinski definition) is 6. The second-order valence-electron chi connectivity index (χ2n) is 8.26. The second kappa shape index (κ2) is 8.08. The van der Waals surface area contributed by atoms with Gasteiger partial charge in [-0.25, -0.2) is 9.97 Å². The van der Waals surface area contributed by atoms with Crippen LogP contribution in [-0.4, -0.2) is 58.0 Å². The zero-order valence-electron chi connectivity index (χ0n) is 18.1. The first-order valence-corrected chi connectivity index (χ1v) is 10.5. The van der Waals surface area contributed by atoms with Gasteiger partial charge in [-0.1, -0.05) is 18.5 Å². The molecule has 0 saturated carbocycles. The third kappa shape index (κ3) is 3.97. The van der Waals surface area contributed by atoms with Crippen LogP contribution in [-0.2, 0) is 0 Å². The van der Waals surface area contributed by atoms with Crippen LogP contribution in [0.25, 0.3) is 11.0 Å². The summed E-state index contributed by atoms with van der Waals surface area (Å²) in [6.07, 6.45) is -4.22. The van der Waals surface area contributed by atoms with Gasteiger partial charge in [-0.15, -0.1) is 0 Å². The molecular weight excluding hydrogens is 445 g/mol. The van der Waals surface area contributed by atoms with Gasteiger partial charge in [0.2, 0.25) is 0 Å².